The fourth-order valence-electron chi connectivity index (χ4n) is 3.15. The molecule has 2 aromatic rings. The topological polar surface area (TPSA) is 56.7 Å². The van der Waals surface area contributed by atoms with E-state index in [2.05, 4.69) is 71.1 Å². The molecule has 0 unspecified atom stereocenters. The van der Waals surface area contributed by atoms with E-state index in [0.29, 0.717) is 19.5 Å². The lowest BCUT2D eigenvalue weighted by atomic mass is 10.1. The number of aliphatic imine (C=N–C) groups is 1. The maximum Gasteiger partial charge on any atom is 0.222 e. The molecule has 27 heavy (non-hydrogen) atoms. The fraction of sp³-hybridized carbons (Fsp3) is 0.364. The molecule has 0 atom stereocenters. The van der Waals surface area contributed by atoms with Crippen LogP contribution in [0.2, 0.25) is 0 Å². The van der Waals surface area contributed by atoms with Crippen LogP contribution in [0, 0.1) is 6.92 Å². The van der Waals surface area contributed by atoms with Crippen LogP contribution in [-0.2, 0) is 24.4 Å². The molecular weight excluding hydrogens is 336 g/mol. The van der Waals surface area contributed by atoms with E-state index in [1.807, 2.05) is 4.90 Å². The Bertz CT molecular complexity index is 781. The molecule has 1 saturated heterocycles. The lowest BCUT2D eigenvalue weighted by Gasteiger charge is -2.16. The van der Waals surface area contributed by atoms with E-state index in [4.69, 9.17) is 0 Å². The first-order chi connectivity index (χ1) is 13.1. The Morgan fingerprint density at radius 3 is 2.04 bits per heavy atom. The molecule has 2 aromatic carbocycles. The van der Waals surface area contributed by atoms with Gasteiger partial charge in [-0.3, -0.25) is 9.79 Å². The molecule has 3 rings (SSSR count). The quantitative estimate of drug-likeness (QED) is 0.612. The van der Waals surface area contributed by atoms with Gasteiger partial charge in [0.1, 0.15) is 0 Å². The lowest BCUT2D eigenvalue weighted by molar-refractivity contribution is -0.128. The van der Waals surface area contributed by atoms with Crippen LogP contribution in [0.3, 0.4) is 0 Å². The molecular formula is C22H28N4O. The highest BCUT2D eigenvalue weighted by Gasteiger charge is 2.19. The SMILES string of the molecule is CN=C(NCc1ccc(C)cc1)NCc1ccc(CN2CCCC2=O)cc1. The maximum atomic E-state index is 11.7. The Labute approximate surface area is 161 Å². The van der Waals surface area contributed by atoms with Crippen molar-refractivity contribution in [1.29, 1.82) is 0 Å². The second-order valence-electron chi connectivity index (χ2n) is 7.00. The molecule has 1 heterocycles. The van der Waals surface area contributed by atoms with Gasteiger partial charge >= 0.3 is 0 Å². The first kappa shape index (κ1) is 19.0. The first-order valence-electron chi connectivity index (χ1n) is 9.50. The summed E-state index contributed by atoms with van der Waals surface area (Å²) in [5.74, 6) is 1.05. The number of nitrogens with one attached hydrogen (secondary N) is 2. The number of hydrogen-bond acceptors (Lipinski definition) is 2. The number of likely N-dealkylation sites (tertiary alicyclic amines) is 1. The zero-order chi connectivity index (χ0) is 19.1. The van der Waals surface area contributed by atoms with Crippen molar-refractivity contribution in [3.05, 3.63) is 70.8 Å². The predicted molar refractivity (Wildman–Crippen MR) is 109 cm³/mol. The molecule has 1 amide bonds. The summed E-state index contributed by atoms with van der Waals surface area (Å²) in [6.45, 7) is 5.13. The summed E-state index contributed by atoms with van der Waals surface area (Å²) in [4.78, 5) is 17.9. The van der Waals surface area contributed by atoms with Crippen LogP contribution in [0.1, 0.15) is 35.1 Å². The summed E-state index contributed by atoms with van der Waals surface area (Å²) >= 11 is 0. The van der Waals surface area contributed by atoms with Crippen LogP contribution in [0.15, 0.2) is 53.5 Å². The Kier molecular flexibility index (Phi) is 6.47. The van der Waals surface area contributed by atoms with Crippen LogP contribution in [0.5, 0.6) is 0 Å². The van der Waals surface area contributed by atoms with E-state index in [1.165, 1.54) is 22.3 Å². The van der Waals surface area contributed by atoms with Gasteiger partial charge in [0.25, 0.3) is 0 Å². The summed E-state index contributed by atoms with van der Waals surface area (Å²) in [6, 6.07) is 16.9. The molecule has 2 N–H and O–H groups in total. The highest BCUT2D eigenvalue weighted by molar-refractivity contribution is 5.79. The molecule has 0 radical (unpaired) electrons. The van der Waals surface area contributed by atoms with Crippen LogP contribution in [-0.4, -0.2) is 30.4 Å². The van der Waals surface area contributed by atoms with E-state index in [9.17, 15) is 4.79 Å². The summed E-state index contributed by atoms with van der Waals surface area (Å²) in [7, 11) is 1.78. The number of nitrogens with zero attached hydrogens (tertiary/aromatic N) is 2. The number of hydrogen-bond donors (Lipinski definition) is 2. The van der Waals surface area contributed by atoms with Gasteiger partial charge in [-0.05, 0) is 30.0 Å². The number of carbonyl (C=O) groups excluding carboxylic acids is 1. The zero-order valence-electron chi connectivity index (χ0n) is 16.2. The molecule has 142 valence electrons. The summed E-state index contributed by atoms with van der Waals surface area (Å²) in [6.07, 6.45) is 1.67. The first-order valence-corrected chi connectivity index (χ1v) is 9.50. The minimum atomic E-state index is 0.268. The van der Waals surface area contributed by atoms with Gasteiger partial charge in [-0.15, -0.1) is 0 Å². The third-order valence-corrected chi connectivity index (χ3v) is 4.83. The molecule has 1 aliphatic rings. The van der Waals surface area contributed by atoms with Gasteiger partial charge in [-0.1, -0.05) is 54.1 Å². The van der Waals surface area contributed by atoms with Crippen molar-refractivity contribution in [3.63, 3.8) is 0 Å². The highest BCUT2D eigenvalue weighted by Crippen LogP contribution is 2.14. The number of rotatable bonds is 6. The molecule has 5 nitrogen and oxygen atoms in total. The maximum absolute atomic E-state index is 11.7. The molecule has 0 spiro atoms. The average molecular weight is 364 g/mol. The third-order valence-electron chi connectivity index (χ3n) is 4.83. The van der Waals surface area contributed by atoms with E-state index < -0.39 is 0 Å². The van der Waals surface area contributed by atoms with Crippen molar-refractivity contribution in [1.82, 2.24) is 15.5 Å². The van der Waals surface area contributed by atoms with E-state index in [0.717, 1.165) is 25.5 Å². The van der Waals surface area contributed by atoms with Crippen molar-refractivity contribution in [3.8, 4) is 0 Å². The molecule has 1 aliphatic heterocycles. The smallest absolute Gasteiger partial charge is 0.222 e. The number of amides is 1. The van der Waals surface area contributed by atoms with E-state index in [1.54, 1.807) is 7.05 Å². The van der Waals surface area contributed by atoms with Crippen LogP contribution in [0.4, 0.5) is 0 Å². The highest BCUT2D eigenvalue weighted by atomic mass is 16.2. The van der Waals surface area contributed by atoms with Crippen molar-refractivity contribution in [2.24, 2.45) is 4.99 Å². The Morgan fingerprint density at radius 1 is 0.963 bits per heavy atom. The minimum absolute atomic E-state index is 0.268. The predicted octanol–water partition coefficient (Wildman–Crippen LogP) is 2.98. The van der Waals surface area contributed by atoms with Crippen molar-refractivity contribution in [2.75, 3.05) is 13.6 Å². The summed E-state index contributed by atoms with van der Waals surface area (Å²) in [5.41, 5.74) is 4.85. The molecule has 0 saturated carbocycles. The van der Waals surface area contributed by atoms with E-state index in [-0.39, 0.29) is 5.91 Å². The number of carbonyl (C=O) groups is 1. The van der Waals surface area contributed by atoms with Crippen LogP contribution < -0.4 is 10.6 Å². The number of aryl methyl sites for hydroxylation is 1. The largest absolute Gasteiger partial charge is 0.352 e. The Morgan fingerprint density at radius 2 is 1.52 bits per heavy atom. The standard InChI is InChI=1S/C22H28N4O/c1-17-5-7-18(8-6-17)14-24-22(23-2)25-15-19-9-11-20(12-10-19)16-26-13-3-4-21(26)27/h5-12H,3-4,13-16H2,1-2H3,(H2,23,24,25). The summed E-state index contributed by atoms with van der Waals surface area (Å²) in [5, 5.41) is 6.68. The van der Waals surface area contributed by atoms with Gasteiger partial charge in [0.2, 0.25) is 5.91 Å². The van der Waals surface area contributed by atoms with Gasteiger partial charge in [0.05, 0.1) is 0 Å². The second-order valence-corrected chi connectivity index (χ2v) is 7.00. The zero-order valence-corrected chi connectivity index (χ0v) is 16.2. The van der Waals surface area contributed by atoms with Gasteiger partial charge < -0.3 is 15.5 Å². The van der Waals surface area contributed by atoms with E-state index >= 15 is 0 Å². The fourth-order valence-corrected chi connectivity index (χ4v) is 3.15. The third kappa shape index (κ3) is 5.58. The monoisotopic (exact) mass is 364 g/mol. The molecule has 0 aliphatic carbocycles. The molecule has 1 fully saturated rings. The van der Waals surface area contributed by atoms with Crippen molar-refractivity contribution < 1.29 is 4.79 Å². The van der Waals surface area contributed by atoms with Gasteiger partial charge in [0.15, 0.2) is 5.96 Å². The van der Waals surface area contributed by atoms with Crippen LogP contribution in [0.25, 0.3) is 0 Å². The van der Waals surface area contributed by atoms with Gasteiger partial charge in [-0.25, -0.2) is 0 Å². The Balaban J connectivity index is 1.46. The van der Waals surface area contributed by atoms with Crippen molar-refractivity contribution in [2.45, 2.75) is 39.4 Å². The molecule has 5 heteroatoms. The van der Waals surface area contributed by atoms with Crippen LogP contribution >= 0.6 is 0 Å². The van der Waals surface area contributed by atoms with Crippen molar-refractivity contribution >= 4 is 11.9 Å². The van der Waals surface area contributed by atoms with Gasteiger partial charge in [-0.2, -0.15) is 0 Å². The second kappa shape index (κ2) is 9.21. The number of benzene rings is 2. The normalized spacial score (nSPS) is 14.5. The Hall–Kier alpha value is -2.82. The van der Waals surface area contributed by atoms with Gasteiger partial charge in [0, 0.05) is 39.6 Å². The number of guanidine groups is 1. The lowest BCUT2D eigenvalue weighted by Crippen LogP contribution is -2.36. The summed E-state index contributed by atoms with van der Waals surface area (Å²) < 4.78 is 0. The molecule has 0 bridgehead atoms. The average Bonchev–Trinajstić information content (AvgIpc) is 3.09. The molecule has 0 aromatic heterocycles. The minimum Gasteiger partial charge on any atom is -0.352 e.